The molecule has 0 aromatic carbocycles. The van der Waals surface area contributed by atoms with E-state index in [1.807, 2.05) is 19.3 Å². The molecule has 14 heavy (non-hydrogen) atoms. The van der Waals surface area contributed by atoms with Gasteiger partial charge in [0.25, 0.3) is 0 Å². The Hall–Kier alpha value is -1.16. The van der Waals surface area contributed by atoms with Crippen LogP contribution < -0.4 is 5.32 Å². The lowest BCUT2D eigenvalue weighted by atomic mass is 10.4. The van der Waals surface area contributed by atoms with Gasteiger partial charge in [-0.2, -0.15) is 0 Å². The normalized spacial score (nSPS) is 10.6. The quantitative estimate of drug-likeness (QED) is 0.763. The predicted octanol–water partition coefficient (Wildman–Crippen LogP) is 1.15. The Morgan fingerprint density at radius 1 is 1.36 bits per heavy atom. The van der Waals surface area contributed by atoms with Crippen LogP contribution in [0.25, 0.3) is 0 Å². The third-order valence-corrected chi connectivity index (χ3v) is 2.10. The van der Waals surface area contributed by atoms with Crippen molar-refractivity contribution in [3.63, 3.8) is 0 Å². The molecule has 0 aliphatic rings. The number of nitrogens with zero attached hydrogens (tertiary/aromatic N) is 3. The van der Waals surface area contributed by atoms with E-state index in [2.05, 4.69) is 34.2 Å². The molecule has 0 radical (unpaired) electrons. The number of aromatic nitrogens is 2. The van der Waals surface area contributed by atoms with E-state index >= 15 is 0 Å². The van der Waals surface area contributed by atoms with Crippen molar-refractivity contribution in [2.45, 2.75) is 13.8 Å². The van der Waals surface area contributed by atoms with E-state index in [0.717, 1.165) is 25.2 Å². The molecule has 0 fully saturated rings. The van der Waals surface area contributed by atoms with Crippen molar-refractivity contribution >= 4 is 5.95 Å². The zero-order valence-electron chi connectivity index (χ0n) is 9.12. The fourth-order valence-corrected chi connectivity index (χ4v) is 1.00. The van der Waals surface area contributed by atoms with Gasteiger partial charge in [0.2, 0.25) is 5.95 Å². The van der Waals surface area contributed by atoms with Gasteiger partial charge in [0.15, 0.2) is 0 Å². The summed E-state index contributed by atoms with van der Waals surface area (Å²) in [6.07, 6.45) is 3.64. The lowest BCUT2D eigenvalue weighted by Gasteiger charge is -2.13. The van der Waals surface area contributed by atoms with Gasteiger partial charge in [0, 0.05) is 25.5 Å². The highest BCUT2D eigenvalue weighted by Gasteiger charge is 1.96. The molecular formula is C10H18N4. The Labute approximate surface area is 85.4 Å². The van der Waals surface area contributed by atoms with E-state index in [4.69, 9.17) is 0 Å². The summed E-state index contributed by atoms with van der Waals surface area (Å²) in [5, 5.41) is 3.17. The van der Waals surface area contributed by atoms with Crippen molar-refractivity contribution in [2.75, 3.05) is 32.0 Å². The fraction of sp³-hybridized carbons (Fsp3) is 0.600. The summed E-state index contributed by atoms with van der Waals surface area (Å²) in [6, 6.07) is 0. The van der Waals surface area contributed by atoms with Crippen molar-refractivity contribution in [3.8, 4) is 0 Å². The second-order valence-corrected chi connectivity index (χ2v) is 3.41. The second kappa shape index (κ2) is 5.54. The van der Waals surface area contributed by atoms with Gasteiger partial charge in [0.1, 0.15) is 0 Å². The maximum atomic E-state index is 4.16. The number of likely N-dealkylation sites (N-methyl/N-ethyl adjacent to an activating group) is 1. The molecule has 1 aromatic heterocycles. The average Bonchev–Trinajstić information content (AvgIpc) is 2.21. The topological polar surface area (TPSA) is 41.0 Å². The third kappa shape index (κ3) is 3.70. The summed E-state index contributed by atoms with van der Waals surface area (Å²) < 4.78 is 0. The monoisotopic (exact) mass is 194 g/mol. The zero-order valence-corrected chi connectivity index (χ0v) is 9.12. The van der Waals surface area contributed by atoms with Crippen LogP contribution in [0, 0.1) is 6.92 Å². The predicted molar refractivity (Wildman–Crippen MR) is 58.4 cm³/mol. The summed E-state index contributed by atoms with van der Waals surface area (Å²) in [7, 11) is 2.09. The maximum Gasteiger partial charge on any atom is 0.222 e. The highest BCUT2D eigenvalue weighted by molar-refractivity contribution is 5.23. The first-order valence-electron chi connectivity index (χ1n) is 4.93. The summed E-state index contributed by atoms with van der Waals surface area (Å²) in [4.78, 5) is 10.6. The molecule has 0 saturated carbocycles. The van der Waals surface area contributed by atoms with Gasteiger partial charge in [-0.3, -0.25) is 0 Å². The summed E-state index contributed by atoms with van der Waals surface area (Å²) in [6.45, 7) is 7.08. The molecule has 1 aromatic rings. The van der Waals surface area contributed by atoms with Crippen LogP contribution in [0.15, 0.2) is 12.4 Å². The Morgan fingerprint density at radius 2 is 2.00 bits per heavy atom. The molecule has 0 saturated heterocycles. The minimum absolute atomic E-state index is 0.708. The molecule has 4 heteroatoms. The molecule has 0 unspecified atom stereocenters. The SMILES string of the molecule is CCN(C)CCNc1ncc(C)cn1. The largest absolute Gasteiger partial charge is 0.353 e. The van der Waals surface area contributed by atoms with Crippen LogP contribution in [-0.4, -0.2) is 41.5 Å². The first-order chi connectivity index (χ1) is 6.72. The van der Waals surface area contributed by atoms with Gasteiger partial charge in [-0.15, -0.1) is 0 Å². The number of nitrogens with one attached hydrogen (secondary N) is 1. The van der Waals surface area contributed by atoms with Crippen LogP contribution in [0.5, 0.6) is 0 Å². The van der Waals surface area contributed by atoms with E-state index in [9.17, 15) is 0 Å². The van der Waals surface area contributed by atoms with E-state index in [1.165, 1.54) is 0 Å². The number of hydrogen-bond acceptors (Lipinski definition) is 4. The molecule has 1 N–H and O–H groups in total. The lowest BCUT2D eigenvalue weighted by molar-refractivity contribution is 0.367. The number of hydrogen-bond donors (Lipinski definition) is 1. The Balaban J connectivity index is 2.28. The Bertz CT molecular complexity index is 257. The van der Waals surface area contributed by atoms with Gasteiger partial charge in [0.05, 0.1) is 0 Å². The van der Waals surface area contributed by atoms with E-state index in [-0.39, 0.29) is 0 Å². The van der Waals surface area contributed by atoms with Crippen molar-refractivity contribution in [2.24, 2.45) is 0 Å². The lowest BCUT2D eigenvalue weighted by Crippen LogP contribution is -2.25. The van der Waals surface area contributed by atoms with Crippen molar-refractivity contribution in [1.82, 2.24) is 14.9 Å². The molecule has 0 bridgehead atoms. The average molecular weight is 194 g/mol. The first-order valence-corrected chi connectivity index (χ1v) is 4.93. The van der Waals surface area contributed by atoms with Crippen LogP contribution in [0.1, 0.15) is 12.5 Å². The molecule has 1 heterocycles. The van der Waals surface area contributed by atoms with Gasteiger partial charge in [-0.25, -0.2) is 9.97 Å². The molecule has 4 nitrogen and oxygen atoms in total. The molecule has 0 aliphatic heterocycles. The van der Waals surface area contributed by atoms with Gasteiger partial charge >= 0.3 is 0 Å². The minimum Gasteiger partial charge on any atom is -0.353 e. The van der Waals surface area contributed by atoms with Crippen LogP contribution in [0.2, 0.25) is 0 Å². The Morgan fingerprint density at radius 3 is 2.57 bits per heavy atom. The van der Waals surface area contributed by atoms with Crippen LogP contribution in [0.4, 0.5) is 5.95 Å². The molecule has 0 amide bonds. The van der Waals surface area contributed by atoms with Crippen molar-refractivity contribution in [3.05, 3.63) is 18.0 Å². The van der Waals surface area contributed by atoms with Crippen molar-refractivity contribution < 1.29 is 0 Å². The zero-order chi connectivity index (χ0) is 10.4. The maximum absolute atomic E-state index is 4.16. The van der Waals surface area contributed by atoms with Crippen molar-refractivity contribution in [1.29, 1.82) is 0 Å². The standard InChI is InChI=1S/C10H18N4/c1-4-14(3)6-5-11-10-12-7-9(2)8-13-10/h7-8H,4-6H2,1-3H3,(H,11,12,13). The summed E-state index contributed by atoms with van der Waals surface area (Å²) in [5.41, 5.74) is 1.08. The molecule has 0 atom stereocenters. The Kier molecular flexibility index (Phi) is 4.32. The number of anilines is 1. The second-order valence-electron chi connectivity index (χ2n) is 3.41. The van der Waals surface area contributed by atoms with E-state index < -0.39 is 0 Å². The molecular weight excluding hydrogens is 176 g/mol. The van der Waals surface area contributed by atoms with Crippen LogP contribution in [-0.2, 0) is 0 Å². The van der Waals surface area contributed by atoms with Gasteiger partial charge < -0.3 is 10.2 Å². The van der Waals surface area contributed by atoms with E-state index in [0.29, 0.717) is 5.95 Å². The highest BCUT2D eigenvalue weighted by Crippen LogP contribution is 1.97. The molecule has 1 rings (SSSR count). The highest BCUT2D eigenvalue weighted by atomic mass is 15.1. The molecule has 0 spiro atoms. The van der Waals surface area contributed by atoms with Crippen LogP contribution in [0.3, 0.4) is 0 Å². The van der Waals surface area contributed by atoms with E-state index in [1.54, 1.807) is 0 Å². The number of rotatable bonds is 5. The van der Waals surface area contributed by atoms with Crippen LogP contribution >= 0.6 is 0 Å². The van der Waals surface area contributed by atoms with Gasteiger partial charge in [-0.05, 0) is 26.1 Å². The molecule has 0 aliphatic carbocycles. The van der Waals surface area contributed by atoms with Gasteiger partial charge in [-0.1, -0.05) is 6.92 Å². The number of aryl methyl sites for hydroxylation is 1. The minimum atomic E-state index is 0.708. The molecule has 78 valence electrons. The summed E-state index contributed by atoms with van der Waals surface area (Å²) in [5.74, 6) is 0.708. The summed E-state index contributed by atoms with van der Waals surface area (Å²) >= 11 is 0. The first kappa shape index (κ1) is 10.9. The fourth-order valence-electron chi connectivity index (χ4n) is 1.00. The third-order valence-electron chi connectivity index (χ3n) is 2.10. The smallest absolute Gasteiger partial charge is 0.222 e.